The van der Waals surface area contributed by atoms with E-state index in [4.69, 9.17) is 0 Å². The zero-order valence-electron chi connectivity index (χ0n) is 23.5. The quantitative estimate of drug-likeness (QED) is 0.251. The van der Waals surface area contributed by atoms with Gasteiger partial charge in [0, 0.05) is 6.07 Å². The van der Waals surface area contributed by atoms with Crippen LogP contribution < -0.4 is 4.57 Å². The number of rotatable bonds is 4. The van der Waals surface area contributed by atoms with Crippen molar-refractivity contribution in [3.8, 4) is 0 Å². The Morgan fingerprint density at radius 3 is 2.22 bits per heavy atom. The van der Waals surface area contributed by atoms with Crippen molar-refractivity contribution in [1.82, 2.24) is 0 Å². The zero-order chi connectivity index (χ0) is 25.3. The van der Waals surface area contributed by atoms with E-state index in [9.17, 15) is 0 Å². The highest BCUT2D eigenvalue weighted by Gasteiger charge is 2.34. The lowest BCUT2D eigenvalue weighted by molar-refractivity contribution is -0.672. The van der Waals surface area contributed by atoms with E-state index in [0.29, 0.717) is 11.3 Å². The van der Waals surface area contributed by atoms with E-state index in [0.717, 1.165) is 11.8 Å². The van der Waals surface area contributed by atoms with Crippen LogP contribution in [-0.4, -0.2) is 0 Å². The highest BCUT2D eigenvalue weighted by atomic mass is 14.9. The predicted molar refractivity (Wildman–Crippen MR) is 156 cm³/mol. The molecule has 1 aromatic heterocycles. The minimum atomic E-state index is 0.476. The van der Waals surface area contributed by atoms with Gasteiger partial charge in [0.05, 0.1) is 11.0 Å². The summed E-state index contributed by atoms with van der Waals surface area (Å²) in [6.07, 6.45) is 19.9. The van der Waals surface area contributed by atoms with E-state index in [1.807, 2.05) is 0 Å². The maximum atomic E-state index is 2.65. The van der Waals surface area contributed by atoms with Crippen LogP contribution in [0.2, 0.25) is 0 Å². The first-order chi connectivity index (χ1) is 17.9. The van der Waals surface area contributed by atoms with Crippen LogP contribution in [0.3, 0.4) is 0 Å². The van der Waals surface area contributed by atoms with Gasteiger partial charge in [0.2, 0.25) is 5.69 Å². The van der Waals surface area contributed by atoms with Crippen LogP contribution >= 0.6 is 0 Å². The lowest BCUT2D eigenvalue weighted by atomic mass is 9.83. The summed E-state index contributed by atoms with van der Waals surface area (Å²) in [7, 11) is 2.25. The molecule has 1 heterocycles. The molecule has 1 heteroatoms. The molecule has 3 saturated carbocycles. The fourth-order valence-corrected chi connectivity index (χ4v) is 8.58. The van der Waals surface area contributed by atoms with Gasteiger partial charge in [-0.1, -0.05) is 63.8 Å². The Morgan fingerprint density at radius 1 is 0.811 bits per heavy atom. The molecule has 2 aromatic carbocycles. The third-order valence-corrected chi connectivity index (χ3v) is 10.7. The molecule has 7 rings (SSSR count). The van der Waals surface area contributed by atoms with Crippen LogP contribution in [0.1, 0.15) is 141 Å². The van der Waals surface area contributed by atoms with Gasteiger partial charge in [-0.3, -0.25) is 0 Å². The Bertz CT molecular complexity index is 1410. The van der Waals surface area contributed by atoms with Gasteiger partial charge in [0.15, 0.2) is 6.20 Å². The van der Waals surface area contributed by atoms with Crippen molar-refractivity contribution in [1.29, 1.82) is 0 Å². The molecular weight excluding hydrogens is 446 g/mol. The number of nitrogens with zero attached hydrogens (tertiary/aromatic N) is 1. The Balaban J connectivity index is 1.39. The highest BCUT2D eigenvalue weighted by Crippen LogP contribution is 2.49. The Labute approximate surface area is 224 Å². The molecule has 3 fully saturated rings. The maximum Gasteiger partial charge on any atom is 0.221 e. The third kappa shape index (κ3) is 4.00. The number of pyridine rings is 1. The first-order valence-electron chi connectivity index (χ1n) is 15.2. The van der Waals surface area contributed by atoms with E-state index in [2.05, 4.69) is 75.0 Å². The molecule has 0 N–H and O–H groups in total. The second-order valence-corrected chi connectivity index (χ2v) is 13.8. The number of hydrogen-bond acceptors (Lipinski definition) is 0. The molecule has 0 spiro atoms. The molecule has 37 heavy (non-hydrogen) atoms. The molecule has 4 aliphatic carbocycles. The SMILES string of the molecule is Cc1c(C2=Cc3cc(C4CCC(C)(C)C4)cc4cc[n+](C)c2c34)cc(C2CCCC2)cc1C1CCCC1. The van der Waals surface area contributed by atoms with Crippen molar-refractivity contribution >= 4 is 22.4 Å². The number of benzene rings is 2. The zero-order valence-corrected chi connectivity index (χ0v) is 23.5. The lowest BCUT2D eigenvalue weighted by Gasteiger charge is -2.21. The Kier molecular flexibility index (Phi) is 5.65. The minimum Gasteiger partial charge on any atom is -0.200 e. The largest absolute Gasteiger partial charge is 0.221 e. The molecular formula is C36H44N+. The van der Waals surface area contributed by atoms with Crippen LogP contribution in [0.25, 0.3) is 22.4 Å². The summed E-state index contributed by atoms with van der Waals surface area (Å²) in [4.78, 5) is 0. The molecule has 1 nitrogen and oxygen atoms in total. The molecule has 0 aliphatic heterocycles. The second kappa shape index (κ2) is 8.82. The number of aryl methyl sites for hydroxylation is 1. The summed E-state index contributed by atoms with van der Waals surface area (Å²) in [5, 5.41) is 2.89. The topological polar surface area (TPSA) is 3.88 Å². The van der Waals surface area contributed by atoms with Gasteiger partial charge in [-0.15, -0.1) is 0 Å². The maximum absolute atomic E-state index is 2.65. The van der Waals surface area contributed by atoms with Crippen LogP contribution in [0.5, 0.6) is 0 Å². The summed E-state index contributed by atoms with van der Waals surface area (Å²) in [6.45, 7) is 7.33. The molecule has 3 aromatic rings. The Hall–Kier alpha value is -2.41. The van der Waals surface area contributed by atoms with Crippen LogP contribution in [0.15, 0.2) is 36.5 Å². The van der Waals surface area contributed by atoms with Gasteiger partial charge >= 0.3 is 0 Å². The number of aromatic nitrogens is 1. The predicted octanol–water partition coefficient (Wildman–Crippen LogP) is 9.48. The van der Waals surface area contributed by atoms with E-state index in [1.54, 1.807) is 22.3 Å². The van der Waals surface area contributed by atoms with E-state index in [1.165, 1.54) is 104 Å². The van der Waals surface area contributed by atoms with Crippen LogP contribution in [0, 0.1) is 12.3 Å². The fourth-order valence-electron chi connectivity index (χ4n) is 8.58. The number of hydrogen-bond donors (Lipinski definition) is 0. The average Bonchev–Trinajstić information content (AvgIpc) is 3.68. The molecule has 192 valence electrons. The van der Waals surface area contributed by atoms with Crippen molar-refractivity contribution in [2.45, 2.75) is 109 Å². The van der Waals surface area contributed by atoms with Crippen molar-refractivity contribution in [2.24, 2.45) is 12.5 Å². The van der Waals surface area contributed by atoms with Crippen molar-refractivity contribution in [2.75, 3.05) is 0 Å². The molecule has 0 bridgehead atoms. The highest BCUT2D eigenvalue weighted by molar-refractivity contribution is 6.11. The third-order valence-electron chi connectivity index (χ3n) is 10.7. The summed E-state index contributed by atoms with van der Waals surface area (Å²) in [5.74, 6) is 2.21. The van der Waals surface area contributed by atoms with Gasteiger partial charge in [0.25, 0.3) is 0 Å². The normalized spacial score (nSPS) is 23.5. The molecule has 0 radical (unpaired) electrons. The molecule has 0 saturated heterocycles. The summed E-state index contributed by atoms with van der Waals surface area (Å²) in [6, 6.07) is 12.7. The minimum absolute atomic E-state index is 0.476. The fraction of sp³-hybridized carbons (Fsp3) is 0.528. The van der Waals surface area contributed by atoms with Crippen molar-refractivity contribution in [3.05, 3.63) is 75.6 Å². The summed E-state index contributed by atoms with van der Waals surface area (Å²) >= 11 is 0. The summed E-state index contributed by atoms with van der Waals surface area (Å²) in [5.41, 5.74) is 12.7. The summed E-state index contributed by atoms with van der Waals surface area (Å²) < 4.78 is 2.39. The average molecular weight is 491 g/mol. The first kappa shape index (κ1) is 23.7. The van der Waals surface area contributed by atoms with Gasteiger partial charge in [0.1, 0.15) is 7.05 Å². The standard InChI is InChI=1S/C36H44N/c1-23-31(25-11-7-8-12-25)19-29(24-9-5-6-10-24)20-32(23)33-21-30-18-28(27-13-15-36(2,3)22-27)17-26-14-16-37(4)35(33)34(26)30/h14,16-21,24-25,27H,5-13,15,22H2,1-4H3/q+1. The van der Waals surface area contributed by atoms with Crippen LogP contribution in [-0.2, 0) is 7.05 Å². The smallest absolute Gasteiger partial charge is 0.200 e. The van der Waals surface area contributed by atoms with Crippen molar-refractivity contribution < 1.29 is 4.57 Å². The van der Waals surface area contributed by atoms with E-state index in [-0.39, 0.29) is 0 Å². The van der Waals surface area contributed by atoms with Gasteiger partial charge < -0.3 is 0 Å². The molecule has 0 amide bonds. The van der Waals surface area contributed by atoms with Gasteiger partial charge in [-0.2, -0.15) is 0 Å². The van der Waals surface area contributed by atoms with Crippen LogP contribution in [0.4, 0.5) is 0 Å². The van der Waals surface area contributed by atoms with Gasteiger partial charge in [-0.05, 0) is 120 Å². The molecule has 1 atom stereocenters. The second-order valence-electron chi connectivity index (χ2n) is 13.8. The Morgan fingerprint density at radius 2 is 1.51 bits per heavy atom. The monoisotopic (exact) mass is 490 g/mol. The van der Waals surface area contributed by atoms with Gasteiger partial charge in [-0.25, -0.2) is 4.57 Å². The van der Waals surface area contributed by atoms with Crippen molar-refractivity contribution in [3.63, 3.8) is 0 Å². The van der Waals surface area contributed by atoms with E-state index >= 15 is 0 Å². The molecule has 4 aliphatic rings. The lowest BCUT2D eigenvalue weighted by Crippen LogP contribution is -2.32. The van der Waals surface area contributed by atoms with E-state index < -0.39 is 0 Å². The molecule has 1 unspecified atom stereocenters. The first-order valence-corrected chi connectivity index (χ1v) is 15.2.